The van der Waals surface area contributed by atoms with Gasteiger partial charge in [0.05, 0.1) is 12.5 Å². The number of nitrogens with zero attached hydrogens (tertiary/aromatic N) is 1. The maximum Gasteiger partial charge on any atom is 0.308 e. The van der Waals surface area contributed by atoms with Gasteiger partial charge in [0, 0.05) is 18.8 Å². The van der Waals surface area contributed by atoms with Crippen LogP contribution in [0.5, 0.6) is 0 Å². The van der Waals surface area contributed by atoms with Gasteiger partial charge in [-0.1, -0.05) is 30.3 Å². The Hall–Kier alpha value is -3.48. The van der Waals surface area contributed by atoms with Crippen LogP contribution >= 0.6 is 0 Å². The molecule has 0 radical (unpaired) electrons. The summed E-state index contributed by atoms with van der Waals surface area (Å²) in [5.41, 5.74) is 2.03. The van der Waals surface area contributed by atoms with E-state index in [0.29, 0.717) is 0 Å². The highest BCUT2D eigenvalue weighted by atomic mass is 19.1. The monoisotopic (exact) mass is 382 g/mol. The van der Waals surface area contributed by atoms with Crippen LogP contribution in [0.3, 0.4) is 0 Å². The minimum absolute atomic E-state index is 0.0891. The van der Waals surface area contributed by atoms with E-state index in [9.17, 15) is 18.8 Å². The summed E-state index contributed by atoms with van der Waals surface area (Å²) in [5.74, 6) is -1.88. The molecule has 28 heavy (non-hydrogen) atoms. The average Bonchev–Trinajstić information content (AvgIpc) is 2.66. The molecule has 0 aromatic heterocycles. The number of esters is 1. The molecular formula is C21H19FN2O4. The highest BCUT2D eigenvalue weighted by Crippen LogP contribution is 2.33. The van der Waals surface area contributed by atoms with Gasteiger partial charge >= 0.3 is 5.97 Å². The van der Waals surface area contributed by atoms with Gasteiger partial charge in [-0.25, -0.2) is 4.39 Å². The number of nitrogens with one attached hydrogen (secondary N) is 1. The van der Waals surface area contributed by atoms with Gasteiger partial charge in [0.15, 0.2) is 6.61 Å². The fraction of sp³-hybridized carbons (Fsp3) is 0.190. The molecule has 0 aliphatic carbocycles. The Morgan fingerprint density at radius 3 is 2.68 bits per heavy atom. The fourth-order valence-corrected chi connectivity index (χ4v) is 3.04. The van der Waals surface area contributed by atoms with Crippen molar-refractivity contribution in [3.8, 4) is 0 Å². The Bertz CT molecular complexity index is 942. The van der Waals surface area contributed by atoms with Crippen LogP contribution in [-0.2, 0) is 19.1 Å². The maximum absolute atomic E-state index is 13.1. The summed E-state index contributed by atoms with van der Waals surface area (Å²) in [5, 5.41) is 2.45. The molecule has 2 amide bonds. The molecule has 0 bridgehead atoms. The summed E-state index contributed by atoms with van der Waals surface area (Å²) in [6.45, 7) is 0.919. The minimum atomic E-state index is -0.615. The number of rotatable bonds is 5. The lowest BCUT2D eigenvalue weighted by Crippen LogP contribution is -2.33. The van der Waals surface area contributed by atoms with Gasteiger partial charge in [0.2, 0.25) is 5.91 Å². The second-order valence-electron chi connectivity index (χ2n) is 6.31. The van der Waals surface area contributed by atoms with Gasteiger partial charge < -0.3 is 15.0 Å². The predicted molar refractivity (Wildman–Crippen MR) is 101 cm³/mol. The van der Waals surface area contributed by atoms with Crippen LogP contribution in [-0.4, -0.2) is 29.3 Å². The summed E-state index contributed by atoms with van der Waals surface area (Å²) in [7, 11) is 0. The first kappa shape index (κ1) is 19.3. The Morgan fingerprint density at radius 1 is 1.14 bits per heavy atom. The van der Waals surface area contributed by atoms with Gasteiger partial charge in [-0.2, -0.15) is 0 Å². The van der Waals surface area contributed by atoms with Gasteiger partial charge in [-0.15, -0.1) is 0 Å². The van der Waals surface area contributed by atoms with E-state index in [1.807, 2.05) is 30.3 Å². The van der Waals surface area contributed by atoms with Crippen molar-refractivity contribution >= 4 is 29.5 Å². The summed E-state index contributed by atoms with van der Waals surface area (Å²) in [6, 6.07) is 12.4. The molecular weight excluding hydrogens is 363 g/mol. The van der Waals surface area contributed by atoms with E-state index >= 15 is 0 Å². The average molecular weight is 382 g/mol. The standard InChI is InChI=1S/C21H19FN2O4/c1-14(25)24-10-9-15-5-2-3-8-18(15)19(24)12-21(27)28-13-20(26)23-17-7-4-6-16(22)11-17/h2-11,19H,12-13H2,1H3,(H,23,26)/t19-/m1/s1. The van der Waals surface area contributed by atoms with Crippen LogP contribution < -0.4 is 5.32 Å². The minimum Gasteiger partial charge on any atom is -0.455 e. The first-order valence-corrected chi connectivity index (χ1v) is 8.71. The fourth-order valence-electron chi connectivity index (χ4n) is 3.04. The van der Waals surface area contributed by atoms with Crippen molar-refractivity contribution in [2.24, 2.45) is 0 Å². The van der Waals surface area contributed by atoms with Gasteiger partial charge in [0.25, 0.3) is 5.91 Å². The van der Waals surface area contributed by atoms with E-state index < -0.39 is 30.3 Å². The van der Waals surface area contributed by atoms with Gasteiger partial charge in [-0.3, -0.25) is 14.4 Å². The molecule has 1 atom stereocenters. The van der Waals surface area contributed by atoms with Crippen LogP contribution in [0, 0.1) is 5.82 Å². The molecule has 2 aromatic rings. The van der Waals surface area contributed by atoms with Crippen molar-refractivity contribution in [2.75, 3.05) is 11.9 Å². The van der Waals surface area contributed by atoms with E-state index in [2.05, 4.69) is 5.32 Å². The molecule has 3 rings (SSSR count). The molecule has 1 aliphatic rings. The molecule has 1 N–H and O–H groups in total. The zero-order valence-electron chi connectivity index (χ0n) is 15.2. The number of anilines is 1. The van der Waals surface area contributed by atoms with Crippen molar-refractivity contribution in [1.82, 2.24) is 4.90 Å². The largest absolute Gasteiger partial charge is 0.455 e. The van der Waals surface area contributed by atoms with Crippen LogP contribution in [0.4, 0.5) is 10.1 Å². The Morgan fingerprint density at radius 2 is 1.93 bits per heavy atom. The quantitative estimate of drug-likeness (QED) is 0.806. The summed E-state index contributed by atoms with van der Waals surface area (Å²) in [4.78, 5) is 37.6. The van der Waals surface area contributed by atoms with E-state index in [0.717, 1.165) is 17.2 Å². The summed E-state index contributed by atoms with van der Waals surface area (Å²) < 4.78 is 18.2. The van der Waals surface area contributed by atoms with Crippen LogP contribution in [0.15, 0.2) is 54.7 Å². The Labute approximate surface area is 161 Å². The molecule has 144 valence electrons. The molecule has 1 aliphatic heterocycles. The number of halogens is 1. The lowest BCUT2D eigenvalue weighted by Gasteiger charge is -2.32. The number of carbonyl (C=O) groups excluding carboxylic acids is 3. The molecule has 7 heteroatoms. The third-order valence-corrected chi connectivity index (χ3v) is 4.30. The zero-order valence-corrected chi connectivity index (χ0v) is 15.2. The molecule has 1 heterocycles. The lowest BCUT2D eigenvalue weighted by atomic mass is 9.94. The number of fused-ring (bicyclic) bond motifs is 1. The van der Waals surface area contributed by atoms with Crippen molar-refractivity contribution < 1.29 is 23.5 Å². The van der Waals surface area contributed by atoms with Crippen LogP contribution in [0.1, 0.15) is 30.5 Å². The normalized spacial score (nSPS) is 14.9. The third kappa shape index (κ3) is 4.62. The second-order valence-corrected chi connectivity index (χ2v) is 6.31. The van der Waals surface area contributed by atoms with Crippen molar-refractivity contribution in [3.05, 3.63) is 71.7 Å². The maximum atomic E-state index is 13.1. The Kier molecular flexibility index (Phi) is 5.84. The van der Waals surface area contributed by atoms with Crippen LogP contribution in [0.2, 0.25) is 0 Å². The molecule has 0 fully saturated rings. The molecule has 2 aromatic carbocycles. The second kappa shape index (κ2) is 8.47. The highest BCUT2D eigenvalue weighted by Gasteiger charge is 2.28. The molecule has 0 saturated carbocycles. The third-order valence-electron chi connectivity index (χ3n) is 4.30. The van der Waals surface area contributed by atoms with Gasteiger partial charge in [0.1, 0.15) is 5.82 Å². The molecule has 0 saturated heterocycles. The molecule has 0 unspecified atom stereocenters. The highest BCUT2D eigenvalue weighted by molar-refractivity contribution is 5.92. The first-order chi connectivity index (χ1) is 13.4. The van der Waals surface area contributed by atoms with E-state index in [1.165, 1.54) is 30.0 Å². The van der Waals surface area contributed by atoms with Crippen molar-refractivity contribution in [1.29, 1.82) is 0 Å². The topological polar surface area (TPSA) is 75.7 Å². The summed E-state index contributed by atoms with van der Waals surface area (Å²) in [6.07, 6.45) is 3.36. The lowest BCUT2D eigenvalue weighted by molar-refractivity contribution is -0.149. The van der Waals surface area contributed by atoms with E-state index in [4.69, 9.17) is 4.74 Å². The summed E-state index contributed by atoms with van der Waals surface area (Å²) >= 11 is 0. The number of hydrogen-bond donors (Lipinski definition) is 1. The number of carbonyl (C=O) groups is 3. The molecule has 0 spiro atoms. The predicted octanol–water partition coefficient (Wildman–Crippen LogP) is 3.27. The van der Waals surface area contributed by atoms with Crippen LogP contribution in [0.25, 0.3) is 6.08 Å². The number of hydrogen-bond acceptors (Lipinski definition) is 4. The van der Waals surface area contributed by atoms with E-state index in [-0.39, 0.29) is 18.0 Å². The van der Waals surface area contributed by atoms with Crippen molar-refractivity contribution in [2.45, 2.75) is 19.4 Å². The van der Waals surface area contributed by atoms with E-state index in [1.54, 1.807) is 6.20 Å². The Balaban J connectivity index is 1.61. The zero-order chi connectivity index (χ0) is 20.1. The molecule has 6 nitrogen and oxygen atoms in total. The first-order valence-electron chi connectivity index (χ1n) is 8.71. The van der Waals surface area contributed by atoms with Crippen molar-refractivity contribution in [3.63, 3.8) is 0 Å². The smallest absolute Gasteiger partial charge is 0.308 e. The number of amides is 2. The SMILES string of the molecule is CC(=O)N1C=Cc2ccccc2[C@H]1CC(=O)OCC(=O)Nc1cccc(F)c1. The number of benzene rings is 2. The number of ether oxygens (including phenoxy) is 1. The van der Waals surface area contributed by atoms with Gasteiger partial charge in [-0.05, 0) is 35.4 Å².